The summed E-state index contributed by atoms with van der Waals surface area (Å²) in [4.78, 5) is 13.5. The summed E-state index contributed by atoms with van der Waals surface area (Å²) in [6, 6.07) is 2.48. The van der Waals surface area contributed by atoms with Gasteiger partial charge in [-0.05, 0) is 6.07 Å². The molecule has 0 fully saturated rings. The third-order valence-electron chi connectivity index (χ3n) is 1.89. The molecule has 2 rings (SSSR count). The van der Waals surface area contributed by atoms with Crippen LogP contribution in [-0.4, -0.2) is 19.8 Å². The first-order chi connectivity index (χ1) is 7.87. The third kappa shape index (κ3) is 2.49. The monoisotopic (exact) mass is 263 g/mol. The minimum atomic E-state index is -4.46. The van der Waals surface area contributed by atoms with Gasteiger partial charge >= 0.3 is 5.51 Å². The zero-order chi connectivity index (χ0) is 12.6. The summed E-state index contributed by atoms with van der Waals surface area (Å²) >= 11 is -0.365. The molecule has 90 valence electrons. The summed E-state index contributed by atoms with van der Waals surface area (Å²) in [5.41, 5.74) is -4.53. The van der Waals surface area contributed by atoms with Crippen LogP contribution in [0.5, 0.6) is 0 Å². The topological polar surface area (TPSA) is 60.4 Å². The van der Waals surface area contributed by atoms with Gasteiger partial charge in [-0.25, -0.2) is 4.98 Å². The fourth-order valence-corrected chi connectivity index (χ4v) is 1.84. The number of hydrogen-bond acceptors (Lipinski definition) is 4. The van der Waals surface area contributed by atoms with Gasteiger partial charge in [0, 0.05) is 17.8 Å². The van der Waals surface area contributed by atoms with E-state index in [2.05, 4.69) is 4.98 Å². The lowest BCUT2D eigenvalue weighted by Crippen LogP contribution is -2.01. The van der Waals surface area contributed by atoms with Crippen LogP contribution in [0.4, 0.5) is 18.9 Å². The number of pyridine rings is 1. The number of rotatable bonds is 2. The van der Waals surface area contributed by atoms with Crippen LogP contribution < -0.4 is 0 Å². The molecule has 0 unspecified atom stereocenters. The van der Waals surface area contributed by atoms with Crippen LogP contribution in [0.2, 0.25) is 0 Å². The number of nitro groups is 1. The van der Waals surface area contributed by atoms with Crippen LogP contribution in [0.3, 0.4) is 0 Å². The molecule has 5 nitrogen and oxygen atoms in total. The predicted molar refractivity (Wildman–Crippen MR) is 53.8 cm³/mol. The lowest BCUT2D eigenvalue weighted by Gasteiger charge is -2.04. The normalized spacial score (nSPS) is 11.9. The molecule has 0 radical (unpaired) electrons. The van der Waals surface area contributed by atoms with E-state index < -0.39 is 10.4 Å². The van der Waals surface area contributed by atoms with Crippen LogP contribution in [0, 0.1) is 10.1 Å². The van der Waals surface area contributed by atoms with Crippen molar-refractivity contribution in [2.24, 2.45) is 0 Å². The summed E-state index contributed by atoms with van der Waals surface area (Å²) in [5, 5.41) is 10.3. The second-order valence-corrected chi connectivity index (χ2v) is 4.10. The van der Waals surface area contributed by atoms with Gasteiger partial charge in [0.2, 0.25) is 0 Å². The number of aromatic nitrogens is 2. The summed E-state index contributed by atoms with van der Waals surface area (Å²) in [6.07, 6.45) is 2.04. The molecule has 0 saturated carbocycles. The molecule has 9 heteroatoms. The smallest absolute Gasteiger partial charge is 0.287 e. The minimum Gasteiger partial charge on any atom is -0.287 e. The van der Waals surface area contributed by atoms with Crippen LogP contribution in [0.1, 0.15) is 0 Å². The van der Waals surface area contributed by atoms with E-state index in [4.69, 9.17) is 0 Å². The van der Waals surface area contributed by atoms with Gasteiger partial charge in [0.1, 0.15) is 10.7 Å². The summed E-state index contributed by atoms with van der Waals surface area (Å²) in [5.74, 6) is 0. The molecule has 17 heavy (non-hydrogen) atoms. The molecule has 0 spiro atoms. The van der Waals surface area contributed by atoms with Crippen molar-refractivity contribution >= 4 is 23.1 Å². The standard InChI is InChI=1S/C8H4F3N3O2S/c9-8(10,11)17-7-3-12-6-2-1-5(14(15)16)4-13(6)7/h1-4H. The lowest BCUT2D eigenvalue weighted by molar-refractivity contribution is -0.385. The maximum Gasteiger partial charge on any atom is 0.447 e. The Bertz CT molecular complexity index is 581. The van der Waals surface area contributed by atoms with Crippen molar-refractivity contribution in [1.82, 2.24) is 9.38 Å². The molecule has 0 bridgehead atoms. The van der Waals surface area contributed by atoms with E-state index in [-0.39, 0.29) is 28.1 Å². The molecule has 2 heterocycles. The number of fused-ring (bicyclic) bond motifs is 1. The molecule has 0 aromatic carbocycles. The quantitative estimate of drug-likeness (QED) is 0.475. The van der Waals surface area contributed by atoms with Crippen molar-refractivity contribution in [2.45, 2.75) is 10.5 Å². The molecular weight excluding hydrogens is 259 g/mol. The fraction of sp³-hybridized carbons (Fsp3) is 0.125. The molecule has 0 aliphatic carbocycles. The van der Waals surface area contributed by atoms with Gasteiger partial charge < -0.3 is 0 Å². The van der Waals surface area contributed by atoms with E-state index in [1.807, 2.05) is 0 Å². The summed E-state index contributed by atoms with van der Waals surface area (Å²) in [6.45, 7) is 0. The molecule has 0 amide bonds. The van der Waals surface area contributed by atoms with Crippen molar-refractivity contribution in [3.63, 3.8) is 0 Å². The van der Waals surface area contributed by atoms with Crippen molar-refractivity contribution in [3.05, 3.63) is 34.6 Å². The van der Waals surface area contributed by atoms with Crippen LogP contribution in [0.25, 0.3) is 5.65 Å². The van der Waals surface area contributed by atoms with Gasteiger partial charge in [-0.3, -0.25) is 14.5 Å². The van der Waals surface area contributed by atoms with Crippen molar-refractivity contribution in [3.8, 4) is 0 Å². The number of nitrogens with zero attached hydrogens (tertiary/aromatic N) is 3. The highest BCUT2D eigenvalue weighted by atomic mass is 32.2. The zero-order valence-electron chi connectivity index (χ0n) is 8.01. The second-order valence-electron chi connectivity index (χ2n) is 3.02. The first-order valence-corrected chi connectivity index (χ1v) is 5.06. The molecule has 2 aromatic rings. The Kier molecular flexibility index (Phi) is 2.69. The Morgan fingerprint density at radius 2 is 2.12 bits per heavy atom. The molecule has 0 aliphatic rings. The molecular formula is C8H4F3N3O2S. The van der Waals surface area contributed by atoms with Gasteiger partial charge in [0.15, 0.2) is 0 Å². The molecule has 0 N–H and O–H groups in total. The molecule has 0 atom stereocenters. The maximum absolute atomic E-state index is 12.2. The highest BCUT2D eigenvalue weighted by molar-refractivity contribution is 8.00. The Morgan fingerprint density at radius 3 is 2.71 bits per heavy atom. The summed E-state index contributed by atoms with van der Waals surface area (Å²) < 4.78 is 37.6. The van der Waals surface area contributed by atoms with Gasteiger partial charge in [0.05, 0.1) is 17.3 Å². The first kappa shape index (κ1) is 11.7. The number of alkyl halides is 3. The second kappa shape index (κ2) is 3.91. The van der Waals surface area contributed by atoms with E-state index in [1.54, 1.807) is 0 Å². The number of hydrogen-bond donors (Lipinski definition) is 0. The number of imidazole rings is 1. The minimum absolute atomic E-state index is 0.212. The Labute approximate surface area is 96.4 Å². The highest BCUT2D eigenvalue weighted by Crippen LogP contribution is 2.37. The van der Waals surface area contributed by atoms with E-state index in [0.29, 0.717) is 0 Å². The summed E-state index contributed by atoms with van der Waals surface area (Å²) in [7, 11) is 0. The number of thioether (sulfide) groups is 1. The van der Waals surface area contributed by atoms with Crippen molar-refractivity contribution < 1.29 is 18.1 Å². The lowest BCUT2D eigenvalue weighted by atomic mass is 10.4. The fourth-order valence-electron chi connectivity index (χ4n) is 1.25. The van der Waals surface area contributed by atoms with E-state index in [0.717, 1.165) is 16.8 Å². The predicted octanol–water partition coefficient (Wildman–Crippen LogP) is 2.85. The van der Waals surface area contributed by atoms with Gasteiger partial charge in [-0.15, -0.1) is 0 Å². The maximum atomic E-state index is 12.2. The van der Waals surface area contributed by atoms with Gasteiger partial charge in [-0.1, -0.05) is 0 Å². The van der Waals surface area contributed by atoms with E-state index in [9.17, 15) is 23.3 Å². The molecule has 0 aliphatic heterocycles. The van der Waals surface area contributed by atoms with E-state index in [1.165, 1.54) is 12.1 Å². The largest absolute Gasteiger partial charge is 0.447 e. The van der Waals surface area contributed by atoms with Crippen molar-refractivity contribution in [2.75, 3.05) is 0 Å². The SMILES string of the molecule is O=[N+]([O-])c1ccc2ncc(SC(F)(F)F)n2c1. The average molecular weight is 263 g/mol. The third-order valence-corrected chi connectivity index (χ3v) is 2.63. The average Bonchev–Trinajstić information content (AvgIpc) is 2.58. The van der Waals surface area contributed by atoms with E-state index >= 15 is 0 Å². The molecule has 0 saturated heterocycles. The Morgan fingerprint density at radius 1 is 1.41 bits per heavy atom. The highest BCUT2D eigenvalue weighted by Gasteiger charge is 2.31. The molecule has 2 aromatic heterocycles. The number of halogens is 3. The van der Waals surface area contributed by atoms with Crippen molar-refractivity contribution in [1.29, 1.82) is 0 Å². The zero-order valence-corrected chi connectivity index (χ0v) is 8.83. The Hall–Kier alpha value is -1.77. The van der Waals surface area contributed by atoms with Crippen LogP contribution in [-0.2, 0) is 0 Å². The Balaban J connectivity index is 2.50. The van der Waals surface area contributed by atoms with Gasteiger partial charge in [-0.2, -0.15) is 13.2 Å². The first-order valence-electron chi connectivity index (χ1n) is 4.24. The van der Waals surface area contributed by atoms with Crippen LogP contribution in [0.15, 0.2) is 29.6 Å². The van der Waals surface area contributed by atoms with Gasteiger partial charge in [0.25, 0.3) is 5.69 Å². The van der Waals surface area contributed by atoms with Crippen LogP contribution >= 0.6 is 11.8 Å².